The minimum atomic E-state index is -5.43. The largest absolute Gasteiger partial charge is 0.550 e. The summed E-state index contributed by atoms with van der Waals surface area (Å²) in [6, 6.07) is 6.49. The maximum atomic E-state index is 13.8. The number of aliphatic hydroxyl groups is 1. The third-order valence-electron chi connectivity index (χ3n) is 4.80. The van der Waals surface area contributed by atoms with Crippen LogP contribution in [0, 0.1) is 17.2 Å². The fourth-order valence-corrected chi connectivity index (χ4v) is 3.53. The molecular weight excluding hydrogens is 395 g/mol. The van der Waals surface area contributed by atoms with E-state index in [0.29, 0.717) is 0 Å². The number of aliphatic carboxylic acids is 1. The van der Waals surface area contributed by atoms with Crippen molar-refractivity contribution in [3.05, 3.63) is 57.5 Å². The van der Waals surface area contributed by atoms with Crippen LogP contribution >= 0.6 is 0 Å². The van der Waals surface area contributed by atoms with Gasteiger partial charge < -0.3 is 30.0 Å². The first-order chi connectivity index (χ1) is 13.5. The lowest BCUT2D eigenvalue weighted by molar-refractivity contribution is -0.334. The maximum absolute atomic E-state index is 13.8. The van der Waals surface area contributed by atoms with Gasteiger partial charge in [-0.1, -0.05) is 6.07 Å². The number of anilines is 1. The summed E-state index contributed by atoms with van der Waals surface area (Å²) >= 11 is 0. The van der Waals surface area contributed by atoms with Crippen LogP contribution in [0.5, 0.6) is 5.75 Å². The first-order valence-corrected chi connectivity index (χ1v) is 8.13. The number of halogens is 3. The highest BCUT2D eigenvalue weighted by Gasteiger charge is 2.64. The van der Waals surface area contributed by atoms with Gasteiger partial charge in [0, 0.05) is 28.9 Å². The van der Waals surface area contributed by atoms with E-state index < -0.39 is 41.0 Å². The van der Waals surface area contributed by atoms with Gasteiger partial charge in [-0.05, 0) is 18.2 Å². The van der Waals surface area contributed by atoms with Gasteiger partial charge in [0.1, 0.15) is 5.75 Å². The average molecular weight is 408 g/mol. The van der Waals surface area contributed by atoms with Gasteiger partial charge in [-0.25, -0.2) is 0 Å². The Labute approximate surface area is 161 Å². The van der Waals surface area contributed by atoms with Crippen molar-refractivity contribution >= 4 is 11.7 Å². The minimum Gasteiger partial charge on any atom is -0.550 e. The highest BCUT2D eigenvalue weighted by atomic mass is 19.4. The minimum absolute atomic E-state index is 0.0952. The average Bonchev–Trinajstić information content (AvgIpc) is 2.65. The van der Waals surface area contributed by atoms with Crippen LogP contribution in [0.15, 0.2) is 35.3 Å². The molecule has 1 aromatic heterocycles. The summed E-state index contributed by atoms with van der Waals surface area (Å²) in [6.45, 7) is 0. The van der Waals surface area contributed by atoms with Crippen molar-refractivity contribution < 1.29 is 32.9 Å². The lowest BCUT2D eigenvalue weighted by atomic mass is 9.71. The summed E-state index contributed by atoms with van der Waals surface area (Å²) in [5.74, 6) is -6.79. The molecule has 11 heteroatoms. The number of ether oxygens (including phenoxy) is 1. The molecule has 3 rings (SSSR count). The van der Waals surface area contributed by atoms with Crippen molar-refractivity contribution in [1.82, 2.24) is 4.98 Å². The molecule has 0 radical (unpaired) electrons. The smallest absolute Gasteiger partial charge is 0.437 e. The molecule has 8 nitrogen and oxygen atoms in total. The van der Waals surface area contributed by atoms with Crippen LogP contribution in [-0.2, 0) is 4.79 Å². The highest BCUT2D eigenvalue weighted by Crippen LogP contribution is 2.51. The Hall–Kier alpha value is -3.52. The van der Waals surface area contributed by atoms with Gasteiger partial charge in [0.15, 0.2) is 0 Å². The maximum Gasteiger partial charge on any atom is 0.437 e. The summed E-state index contributed by atoms with van der Waals surface area (Å²) in [4.78, 5) is 26.5. The highest BCUT2D eigenvalue weighted by molar-refractivity contribution is 5.77. The molecule has 29 heavy (non-hydrogen) atoms. The summed E-state index contributed by atoms with van der Waals surface area (Å²) in [7, 11) is 1.17. The van der Waals surface area contributed by atoms with Gasteiger partial charge >= 0.3 is 6.18 Å². The molecular formula is C18H13F3N3O5-. The zero-order chi connectivity index (χ0) is 21.6. The number of nitrogens with zero attached hydrogens (tertiary/aromatic N) is 1. The predicted molar refractivity (Wildman–Crippen MR) is 89.7 cm³/mol. The van der Waals surface area contributed by atoms with E-state index in [2.05, 4.69) is 4.98 Å². The van der Waals surface area contributed by atoms with E-state index in [1.165, 1.54) is 25.3 Å². The van der Waals surface area contributed by atoms with E-state index in [9.17, 15) is 33.0 Å². The van der Waals surface area contributed by atoms with Gasteiger partial charge in [0.25, 0.3) is 5.56 Å². The standard InChI is InChI=1S/C18H14F3N3O5/c1-29-11-6-8(7-22)2-3-9(11)12-13-10(4-5-23-15(13)25)24-17(28,18(19,20)21)14(12)16(26)27/h2-6,12,14,24,28H,1H3,(H,23,25)(H,26,27)/p-1. The number of nitriles is 1. The number of nitrogens with one attached hydrogen (secondary N) is 2. The Morgan fingerprint density at radius 1 is 1.38 bits per heavy atom. The van der Waals surface area contributed by atoms with Crippen LogP contribution in [-0.4, -0.2) is 35.1 Å². The Balaban J connectivity index is 2.40. The molecule has 0 saturated heterocycles. The van der Waals surface area contributed by atoms with Crippen molar-refractivity contribution in [3.63, 3.8) is 0 Å². The van der Waals surface area contributed by atoms with E-state index in [4.69, 9.17) is 10.00 Å². The van der Waals surface area contributed by atoms with Gasteiger partial charge in [0.05, 0.1) is 30.6 Å². The molecule has 0 aliphatic carbocycles. The molecule has 0 fully saturated rings. The van der Waals surface area contributed by atoms with Crippen molar-refractivity contribution in [3.8, 4) is 11.8 Å². The first-order valence-electron chi connectivity index (χ1n) is 8.13. The van der Waals surface area contributed by atoms with Crippen molar-refractivity contribution in [2.45, 2.75) is 17.8 Å². The number of carbonyl (C=O) groups excluding carboxylic acids is 1. The van der Waals surface area contributed by atoms with Gasteiger partial charge in [0.2, 0.25) is 5.72 Å². The summed E-state index contributed by atoms with van der Waals surface area (Å²) in [5.41, 5.74) is -5.58. The molecule has 0 amide bonds. The number of pyridine rings is 1. The molecule has 1 aliphatic heterocycles. The Kier molecular flexibility index (Phi) is 4.76. The van der Waals surface area contributed by atoms with E-state index in [1.54, 1.807) is 5.32 Å². The number of carboxylic acids is 1. The molecule has 3 unspecified atom stereocenters. The second-order valence-electron chi connectivity index (χ2n) is 6.37. The third kappa shape index (κ3) is 3.07. The number of carboxylic acid groups (broad SMARTS) is 1. The Morgan fingerprint density at radius 3 is 2.62 bits per heavy atom. The van der Waals surface area contributed by atoms with Crippen molar-refractivity contribution in [2.24, 2.45) is 5.92 Å². The SMILES string of the molecule is COc1cc(C#N)ccc1C1c2c(cc[nH]c2=O)NC(O)(C(F)(F)F)C1C(=O)[O-]. The third-order valence-corrected chi connectivity index (χ3v) is 4.80. The Bertz CT molecular complexity index is 1080. The molecule has 3 atom stereocenters. The number of hydrogen-bond donors (Lipinski definition) is 3. The lowest BCUT2D eigenvalue weighted by Gasteiger charge is -2.47. The molecule has 1 aliphatic rings. The van der Waals surface area contributed by atoms with Crippen molar-refractivity contribution in [1.29, 1.82) is 5.26 Å². The van der Waals surface area contributed by atoms with E-state index in [0.717, 1.165) is 12.3 Å². The number of alkyl halides is 3. The number of H-pyrrole nitrogens is 1. The number of fused-ring (bicyclic) bond motifs is 1. The monoisotopic (exact) mass is 408 g/mol. The fourth-order valence-electron chi connectivity index (χ4n) is 3.53. The van der Waals surface area contributed by atoms with Crippen LogP contribution < -0.4 is 20.7 Å². The molecule has 3 N–H and O–H groups in total. The van der Waals surface area contributed by atoms with Crippen LogP contribution in [0.3, 0.4) is 0 Å². The molecule has 2 aromatic rings. The van der Waals surface area contributed by atoms with Crippen LogP contribution in [0.2, 0.25) is 0 Å². The number of aromatic amines is 1. The fraction of sp³-hybridized carbons (Fsp3) is 0.278. The number of rotatable bonds is 3. The molecule has 0 spiro atoms. The second kappa shape index (κ2) is 6.82. The number of hydrogen-bond acceptors (Lipinski definition) is 7. The number of aromatic nitrogens is 1. The second-order valence-corrected chi connectivity index (χ2v) is 6.37. The van der Waals surface area contributed by atoms with Gasteiger partial charge in [-0.3, -0.25) is 4.79 Å². The number of carbonyl (C=O) groups is 1. The first kappa shape index (κ1) is 20.2. The normalized spacial score (nSPS) is 23.4. The quantitative estimate of drug-likeness (QED) is 0.669. The number of benzene rings is 1. The summed E-state index contributed by atoms with van der Waals surface area (Å²) in [5, 5.41) is 33.0. The van der Waals surface area contributed by atoms with E-state index >= 15 is 0 Å². The molecule has 0 bridgehead atoms. The molecule has 152 valence electrons. The summed E-state index contributed by atoms with van der Waals surface area (Å²) in [6.07, 6.45) is -4.38. The van der Waals surface area contributed by atoms with Crippen LogP contribution in [0.1, 0.15) is 22.6 Å². The predicted octanol–water partition coefficient (Wildman–Crippen LogP) is 0.430. The van der Waals surface area contributed by atoms with Gasteiger partial charge in [-0.2, -0.15) is 18.4 Å². The van der Waals surface area contributed by atoms with Crippen LogP contribution in [0.25, 0.3) is 0 Å². The Morgan fingerprint density at radius 2 is 2.07 bits per heavy atom. The summed E-state index contributed by atoms with van der Waals surface area (Å²) < 4.78 is 46.4. The van der Waals surface area contributed by atoms with E-state index in [1.807, 2.05) is 6.07 Å². The van der Waals surface area contributed by atoms with Crippen LogP contribution in [0.4, 0.5) is 18.9 Å². The zero-order valence-corrected chi connectivity index (χ0v) is 14.7. The lowest BCUT2D eigenvalue weighted by Crippen LogP contribution is -2.65. The molecule has 0 saturated carbocycles. The van der Waals surface area contributed by atoms with Gasteiger partial charge in [-0.15, -0.1) is 0 Å². The zero-order valence-electron chi connectivity index (χ0n) is 14.7. The molecule has 1 aromatic carbocycles. The molecule has 2 heterocycles. The topological polar surface area (TPSA) is 138 Å². The number of methoxy groups -OCH3 is 1. The van der Waals surface area contributed by atoms with E-state index in [-0.39, 0.29) is 22.4 Å². The van der Waals surface area contributed by atoms with Crippen molar-refractivity contribution in [2.75, 3.05) is 12.4 Å².